The SMILES string of the molecule is COc1ccc(NC(=O)CCn2ncc(=O)c3ccccc32)cc1NC(=O)OC(C)(C)C. The molecule has 0 unspecified atom stereocenters. The number of rotatable bonds is 6. The molecule has 9 nitrogen and oxygen atoms in total. The monoisotopic (exact) mass is 438 g/mol. The lowest BCUT2D eigenvalue weighted by Crippen LogP contribution is -2.27. The van der Waals surface area contributed by atoms with Crippen molar-refractivity contribution in [2.75, 3.05) is 17.7 Å². The van der Waals surface area contributed by atoms with E-state index >= 15 is 0 Å². The number of hydrogen-bond acceptors (Lipinski definition) is 6. The molecular formula is C23H26N4O5. The van der Waals surface area contributed by atoms with Crippen LogP contribution in [0, 0.1) is 0 Å². The highest BCUT2D eigenvalue weighted by molar-refractivity contribution is 5.93. The summed E-state index contributed by atoms with van der Waals surface area (Å²) in [6, 6.07) is 12.0. The first kappa shape index (κ1) is 22.8. The van der Waals surface area contributed by atoms with E-state index in [4.69, 9.17) is 9.47 Å². The number of nitrogens with one attached hydrogen (secondary N) is 2. The molecule has 32 heavy (non-hydrogen) atoms. The van der Waals surface area contributed by atoms with Crippen LogP contribution in [0.25, 0.3) is 10.9 Å². The highest BCUT2D eigenvalue weighted by Gasteiger charge is 2.18. The molecule has 0 fully saturated rings. The number of anilines is 2. The van der Waals surface area contributed by atoms with E-state index in [1.807, 2.05) is 6.07 Å². The van der Waals surface area contributed by atoms with E-state index in [9.17, 15) is 14.4 Å². The van der Waals surface area contributed by atoms with Gasteiger partial charge in [-0.05, 0) is 51.1 Å². The molecular weight excluding hydrogens is 412 g/mol. The Kier molecular flexibility index (Phi) is 6.77. The third-order valence-electron chi connectivity index (χ3n) is 4.43. The van der Waals surface area contributed by atoms with Gasteiger partial charge in [0.05, 0.1) is 31.1 Å². The van der Waals surface area contributed by atoms with Crippen molar-refractivity contribution in [3.05, 3.63) is 58.9 Å². The van der Waals surface area contributed by atoms with Gasteiger partial charge in [0.15, 0.2) is 0 Å². The Morgan fingerprint density at radius 1 is 1.09 bits per heavy atom. The number of carbonyl (C=O) groups excluding carboxylic acids is 2. The van der Waals surface area contributed by atoms with Crippen molar-refractivity contribution in [1.82, 2.24) is 9.78 Å². The van der Waals surface area contributed by atoms with Crippen LogP contribution in [0.15, 0.2) is 53.5 Å². The van der Waals surface area contributed by atoms with Crippen LogP contribution in [0.4, 0.5) is 16.2 Å². The van der Waals surface area contributed by atoms with Crippen LogP contribution in [-0.4, -0.2) is 34.5 Å². The Labute approximate surface area is 185 Å². The van der Waals surface area contributed by atoms with Gasteiger partial charge in [-0.1, -0.05) is 12.1 Å². The molecule has 0 bridgehead atoms. The number of amides is 2. The van der Waals surface area contributed by atoms with Gasteiger partial charge >= 0.3 is 6.09 Å². The lowest BCUT2D eigenvalue weighted by Gasteiger charge is -2.20. The normalized spacial score (nSPS) is 11.1. The van der Waals surface area contributed by atoms with Crippen molar-refractivity contribution < 1.29 is 19.1 Å². The summed E-state index contributed by atoms with van der Waals surface area (Å²) in [5, 5.41) is 10.1. The van der Waals surface area contributed by atoms with Gasteiger partial charge in [0.1, 0.15) is 11.4 Å². The summed E-state index contributed by atoms with van der Waals surface area (Å²) >= 11 is 0. The second kappa shape index (κ2) is 9.51. The number of ether oxygens (including phenoxy) is 2. The molecule has 2 amide bonds. The van der Waals surface area contributed by atoms with Crippen LogP contribution in [0.3, 0.4) is 0 Å². The fourth-order valence-corrected chi connectivity index (χ4v) is 3.07. The van der Waals surface area contributed by atoms with E-state index in [0.717, 1.165) is 0 Å². The molecule has 168 valence electrons. The molecule has 1 heterocycles. The standard InChI is InChI=1S/C23H26N4O5/c1-23(2,3)32-22(30)26-17-13-15(9-10-20(17)31-4)25-21(29)11-12-27-18-8-6-5-7-16(18)19(28)14-24-27/h5-10,13-14H,11-12H2,1-4H3,(H,25,29)(H,26,30). The summed E-state index contributed by atoms with van der Waals surface area (Å²) in [7, 11) is 1.48. The Hall–Kier alpha value is -3.88. The molecule has 1 aromatic heterocycles. The maximum Gasteiger partial charge on any atom is 0.412 e. The number of aromatic nitrogens is 2. The topological polar surface area (TPSA) is 112 Å². The number of benzene rings is 2. The maximum atomic E-state index is 12.5. The first-order valence-electron chi connectivity index (χ1n) is 10.1. The lowest BCUT2D eigenvalue weighted by atomic mass is 10.2. The largest absolute Gasteiger partial charge is 0.495 e. The van der Waals surface area contributed by atoms with Gasteiger partial charge in [0.2, 0.25) is 11.3 Å². The van der Waals surface area contributed by atoms with E-state index in [1.54, 1.807) is 61.9 Å². The predicted octanol–water partition coefficient (Wildman–Crippen LogP) is 3.78. The first-order chi connectivity index (χ1) is 15.2. The van der Waals surface area contributed by atoms with Gasteiger partial charge in [-0.15, -0.1) is 0 Å². The number of aryl methyl sites for hydroxylation is 1. The van der Waals surface area contributed by atoms with Gasteiger partial charge in [-0.2, -0.15) is 5.10 Å². The minimum absolute atomic E-state index is 0.140. The Morgan fingerprint density at radius 3 is 2.56 bits per heavy atom. The zero-order chi connectivity index (χ0) is 23.3. The molecule has 3 rings (SSSR count). The average molecular weight is 438 g/mol. The average Bonchev–Trinajstić information content (AvgIpc) is 2.72. The molecule has 0 aliphatic carbocycles. The maximum absolute atomic E-state index is 12.5. The van der Waals surface area contributed by atoms with Crippen LogP contribution < -0.4 is 20.8 Å². The summed E-state index contributed by atoms with van der Waals surface area (Å²) in [6.45, 7) is 5.59. The summed E-state index contributed by atoms with van der Waals surface area (Å²) in [4.78, 5) is 36.6. The quantitative estimate of drug-likeness (QED) is 0.606. The second-order valence-electron chi connectivity index (χ2n) is 8.09. The van der Waals surface area contributed by atoms with Gasteiger partial charge in [0, 0.05) is 17.5 Å². The molecule has 9 heteroatoms. The molecule has 2 N–H and O–H groups in total. The van der Waals surface area contributed by atoms with E-state index < -0.39 is 11.7 Å². The molecule has 0 aliphatic heterocycles. The van der Waals surface area contributed by atoms with Crippen LogP contribution in [0.1, 0.15) is 27.2 Å². The summed E-state index contributed by atoms with van der Waals surface area (Å²) in [5.74, 6) is 0.181. The first-order valence-corrected chi connectivity index (χ1v) is 10.1. The van der Waals surface area contributed by atoms with Crippen LogP contribution in [-0.2, 0) is 16.1 Å². The smallest absolute Gasteiger partial charge is 0.412 e. The number of carbonyl (C=O) groups is 2. The van der Waals surface area contributed by atoms with Crippen molar-refractivity contribution in [2.45, 2.75) is 39.3 Å². The van der Waals surface area contributed by atoms with Crippen LogP contribution in [0.5, 0.6) is 5.75 Å². The third kappa shape index (κ3) is 5.84. The fourth-order valence-electron chi connectivity index (χ4n) is 3.07. The number of methoxy groups -OCH3 is 1. The highest BCUT2D eigenvalue weighted by Crippen LogP contribution is 2.28. The van der Waals surface area contributed by atoms with Crippen molar-refractivity contribution in [1.29, 1.82) is 0 Å². The molecule has 0 radical (unpaired) electrons. The zero-order valence-electron chi connectivity index (χ0n) is 18.5. The number of nitrogens with zero attached hydrogens (tertiary/aromatic N) is 2. The van der Waals surface area contributed by atoms with E-state index in [0.29, 0.717) is 34.6 Å². The Balaban J connectivity index is 1.68. The van der Waals surface area contributed by atoms with Crippen LogP contribution in [0.2, 0.25) is 0 Å². The Bertz CT molecular complexity index is 1200. The van der Waals surface area contributed by atoms with Gasteiger partial charge < -0.3 is 14.8 Å². The van der Waals surface area contributed by atoms with E-state index in [1.165, 1.54) is 13.3 Å². The van der Waals surface area contributed by atoms with Crippen molar-refractivity contribution in [3.8, 4) is 5.75 Å². The minimum Gasteiger partial charge on any atom is -0.495 e. The molecule has 0 aliphatic rings. The zero-order valence-corrected chi connectivity index (χ0v) is 18.5. The number of para-hydroxylation sites is 1. The lowest BCUT2D eigenvalue weighted by molar-refractivity contribution is -0.116. The molecule has 2 aromatic carbocycles. The summed E-state index contributed by atoms with van der Waals surface area (Å²) in [5.41, 5.74) is 0.710. The fraction of sp³-hybridized carbons (Fsp3) is 0.304. The van der Waals surface area contributed by atoms with E-state index in [2.05, 4.69) is 15.7 Å². The molecule has 0 spiro atoms. The van der Waals surface area contributed by atoms with Gasteiger partial charge in [-0.25, -0.2) is 4.79 Å². The summed E-state index contributed by atoms with van der Waals surface area (Å²) < 4.78 is 12.2. The summed E-state index contributed by atoms with van der Waals surface area (Å²) in [6.07, 6.45) is 0.759. The highest BCUT2D eigenvalue weighted by atomic mass is 16.6. The molecule has 3 aromatic rings. The van der Waals surface area contributed by atoms with Crippen molar-refractivity contribution in [2.24, 2.45) is 0 Å². The van der Waals surface area contributed by atoms with Crippen LogP contribution >= 0.6 is 0 Å². The predicted molar refractivity (Wildman–Crippen MR) is 122 cm³/mol. The number of hydrogen-bond donors (Lipinski definition) is 2. The molecule has 0 saturated carbocycles. The Morgan fingerprint density at radius 2 is 1.84 bits per heavy atom. The second-order valence-corrected chi connectivity index (χ2v) is 8.09. The van der Waals surface area contributed by atoms with Crippen molar-refractivity contribution in [3.63, 3.8) is 0 Å². The molecule has 0 atom stereocenters. The molecule has 0 saturated heterocycles. The third-order valence-corrected chi connectivity index (χ3v) is 4.43. The van der Waals surface area contributed by atoms with E-state index in [-0.39, 0.29) is 17.8 Å². The van der Waals surface area contributed by atoms with Gasteiger partial charge in [0.25, 0.3) is 0 Å². The van der Waals surface area contributed by atoms with Crippen molar-refractivity contribution >= 4 is 34.3 Å². The van der Waals surface area contributed by atoms with Gasteiger partial charge in [-0.3, -0.25) is 19.6 Å². The number of fused-ring (bicyclic) bond motifs is 1. The minimum atomic E-state index is -0.649.